The Balaban J connectivity index is 1.36. The van der Waals surface area contributed by atoms with Gasteiger partial charge in [-0.2, -0.15) is 0 Å². The number of ether oxygens (including phenoxy) is 1. The van der Waals surface area contributed by atoms with E-state index in [0.717, 1.165) is 24.9 Å². The molecule has 4 rings (SSSR count). The number of aromatic nitrogens is 1. The third kappa shape index (κ3) is 5.39. The quantitative estimate of drug-likeness (QED) is 0.638. The summed E-state index contributed by atoms with van der Waals surface area (Å²) in [6.07, 6.45) is 6.24. The molecule has 0 aliphatic carbocycles. The van der Waals surface area contributed by atoms with Crippen LogP contribution in [0.5, 0.6) is 0 Å². The second kappa shape index (κ2) is 10.3. The molecule has 2 aliphatic heterocycles. The lowest BCUT2D eigenvalue weighted by Crippen LogP contribution is -2.46. The van der Waals surface area contributed by atoms with E-state index in [4.69, 9.17) is 4.74 Å². The van der Waals surface area contributed by atoms with Crippen LogP contribution in [0.3, 0.4) is 0 Å². The Morgan fingerprint density at radius 3 is 2.23 bits per heavy atom. The number of carbonyl (C=O) groups is 4. The van der Waals surface area contributed by atoms with Crippen LogP contribution in [-0.2, 0) is 19.1 Å². The summed E-state index contributed by atoms with van der Waals surface area (Å²) >= 11 is 0. The van der Waals surface area contributed by atoms with Gasteiger partial charge in [0.05, 0.1) is 24.8 Å². The van der Waals surface area contributed by atoms with Crippen LogP contribution in [0, 0.1) is 5.41 Å². The Hall–Kier alpha value is -3.62. The van der Waals surface area contributed by atoms with Gasteiger partial charge >= 0.3 is 5.97 Å². The van der Waals surface area contributed by atoms with Gasteiger partial charge in [-0.25, -0.2) is 4.79 Å². The van der Waals surface area contributed by atoms with Crippen molar-refractivity contribution in [3.8, 4) is 5.69 Å². The van der Waals surface area contributed by atoms with Crippen molar-refractivity contribution in [2.75, 3.05) is 33.3 Å². The Morgan fingerprint density at radius 1 is 0.971 bits per heavy atom. The summed E-state index contributed by atoms with van der Waals surface area (Å²) in [5, 5.41) is 2.50. The smallest absolute Gasteiger partial charge is 0.328 e. The van der Waals surface area contributed by atoms with Crippen LogP contribution in [0.1, 0.15) is 43.0 Å². The number of likely N-dealkylation sites (tertiary alicyclic amines) is 2. The first-order chi connectivity index (χ1) is 16.8. The Morgan fingerprint density at radius 2 is 1.60 bits per heavy atom. The van der Waals surface area contributed by atoms with Gasteiger partial charge in [0.2, 0.25) is 11.8 Å². The molecule has 35 heavy (non-hydrogen) atoms. The van der Waals surface area contributed by atoms with Crippen molar-refractivity contribution in [1.82, 2.24) is 19.7 Å². The summed E-state index contributed by atoms with van der Waals surface area (Å²) in [6, 6.07) is 10.5. The van der Waals surface area contributed by atoms with Gasteiger partial charge in [0, 0.05) is 45.5 Å². The predicted octanol–water partition coefficient (Wildman–Crippen LogP) is 2.00. The minimum atomic E-state index is -0.985. The van der Waals surface area contributed by atoms with Crippen molar-refractivity contribution in [2.24, 2.45) is 5.41 Å². The predicted molar refractivity (Wildman–Crippen MR) is 129 cm³/mol. The summed E-state index contributed by atoms with van der Waals surface area (Å²) in [6.45, 7) is 3.78. The van der Waals surface area contributed by atoms with Gasteiger partial charge in [-0.15, -0.1) is 0 Å². The standard InChI is InChI=1S/C26H32N4O5/c1-19(31)27-21(25(34)35-2)17-23(32)30-16-11-26(18-30)9-14-29(15-10-26)24(33)20-7-3-4-8-22(20)28-12-5-6-13-28/h3-8,12-13,21H,9-11,14-18H2,1-2H3,(H,27,31). The lowest BCUT2D eigenvalue weighted by molar-refractivity contribution is -0.147. The fourth-order valence-corrected chi connectivity index (χ4v) is 5.17. The van der Waals surface area contributed by atoms with Gasteiger partial charge in [-0.1, -0.05) is 12.1 Å². The Kier molecular flexibility index (Phi) is 7.23. The zero-order chi connectivity index (χ0) is 25.0. The summed E-state index contributed by atoms with van der Waals surface area (Å²) in [5.41, 5.74) is 1.51. The molecule has 2 aliphatic rings. The molecule has 1 atom stereocenters. The molecule has 1 aromatic carbocycles. The Bertz CT molecular complexity index is 1090. The van der Waals surface area contributed by atoms with E-state index in [1.54, 1.807) is 4.90 Å². The van der Waals surface area contributed by atoms with Crippen LogP contribution in [-0.4, -0.2) is 77.4 Å². The lowest BCUT2D eigenvalue weighted by atomic mass is 9.77. The molecule has 0 bridgehead atoms. The molecule has 0 saturated carbocycles. The molecule has 9 nitrogen and oxygen atoms in total. The summed E-state index contributed by atoms with van der Waals surface area (Å²) < 4.78 is 6.67. The van der Waals surface area contributed by atoms with Gasteiger partial charge < -0.3 is 24.4 Å². The summed E-state index contributed by atoms with van der Waals surface area (Å²) in [4.78, 5) is 53.3. The van der Waals surface area contributed by atoms with E-state index >= 15 is 0 Å². The maximum Gasteiger partial charge on any atom is 0.328 e. The topological polar surface area (TPSA) is 101 Å². The van der Waals surface area contributed by atoms with Crippen molar-refractivity contribution < 1.29 is 23.9 Å². The molecule has 9 heteroatoms. The molecule has 1 spiro atoms. The second-order valence-electron chi connectivity index (χ2n) is 9.45. The Labute approximate surface area is 205 Å². The number of methoxy groups -OCH3 is 1. The molecule has 2 saturated heterocycles. The first-order valence-electron chi connectivity index (χ1n) is 12.0. The highest BCUT2D eigenvalue weighted by Crippen LogP contribution is 2.41. The fourth-order valence-electron chi connectivity index (χ4n) is 5.17. The maximum atomic E-state index is 13.4. The number of hydrogen-bond donors (Lipinski definition) is 1. The number of nitrogens with one attached hydrogen (secondary N) is 1. The van der Waals surface area contributed by atoms with Gasteiger partial charge in [-0.3, -0.25) is 14.4 Å². The number of rotatable bonds is 6. The van der Waals surface area contributed by atoms with Crippen LogP contribution >= 0.6 is 0 Å². The number of esters is 1. The van der Waals surface area contributed by atoms with Crippen LogP contribution in [0.2, 0.25) is 0 Å². The van der Waals surface area contributed by atoms with Crippen molar-refractivity contribution in [3.05, 3.63) is 54.4 Å². The van der Waals surface area contributed by atoms with E-state index in [2.05, 4.69) is 5.32 Å². The normalized spacial score (nSPS) is 17.8. The third-order valence-electron chi connectivity index (χ3n) is 7.16. The molecule has 1 aromatic heterocycles. The lowest BCUT2D eigenvalue weighted by Gasteiger charge is -2.39. The fraction of sp³-hybridized carbons (Fsp3) is 0.462. The van der Waals surface area contributed by atoms with E-state index in [0.29, 0.717) is 31.7 Å². The number of carbonyl (C=O) groups excluding carboxylic acids is 4. The van der Waals surface area contributed by atoms with E-state index in [1.807, 2.05) is 58.3 Å². The molecular formula is C26H32N4O5. The number of benzene rings is 1. The van der Waals surface area contributed by atoms with Crippen molar-refractivity contribution >= 4 is 23.7 Å². The van der Waals surface area contributed by atoms with Crippen molar-refractivity contribution in [2.45, 2.75) is 38.6 Å². The van der Waals surface area contributed by atoms with Gasteiger partial charge in [0.25, 0.3) is 5.91 Å². The minimum Gasteiger partial charge on any atom is -0.467 e. The zero-order valence-corrected chi connectivity index (χ0v) is 20.2. The van der Waals surface area contributed by atoms with Crippen LogP contribution < -0.4 is 5.32 Å². The van der Waals surface area contributed by atoms with Crippen LogP contribution in [0.15, 0.2) is 48.8 Å². The van der Waals surface area contributed by atoms with E-state index in [9.17, 15) is 19.2 Å². The highest BCUT2D eigenvalue weighted by Gasteiger charge is 2.43. The van der Waals surface area contributed by atoms with Gasteiger partial charge in [0.1, 0.15) is 6.04 Å². The number of amides is 3. The first kappa shape index (κ1) is 24.5. The third-order valence-corrected chi connectivity index (χ3v) is 7.16. The van der Waals surface area contributed by atoms with Crippen molar-refractivity contribution in [1.29, 1.82) is 0 Å². The average Bonchev–Trinajstić information content (AvgIpc) is 3.54. The highest BCUT2D eigenvalue weighted by molar-refractivity contribution is 5.98. The molecule has 2 fully saturated rings. The van der Waals surface area contributed by atoms with Crippen LogP contribution in [0.4, 0.5) is 0 Å². The van der Waals surface area contributed by atoms with Crippen LogP contribution in [0.25, 0.3) is 5.69 Å². The summed E-state index contributed by atoms with van der Waals surface area (Å²) in [5.74, 6) is -1.17. The zero-order valence-electron chi connectivity index (χ0n) is 20.2. The van der Waals surface area contributed by atoms with E-state index in [-0.39, 0.29) is 29.6 Å². The molecule has 3 heterocycles. The molecule has 2 aromatic rings. The van der Waals surface area contributed by atoms with Gasteiger partial charge in [0.15, 0.2) is 0 Å². The molecular weight excluding hydrogens is 448 g/mol. The largest absolute Gasteiger partial charge is 0.467 e. The molecule has 3 amide bonds. The number of nitrogens with zero attached hydrogens (tertiary/aromatic N) is 3. The molecule has 0 radical (unpaired) electrons. The number of hydrogen-bond acceptors (Lipinski definition) is 5. The van der Waals surface area contributed by atoms with Gasteiger partial charge in [-0.05, 0) is 48.9 Å². The molecule has 1 unspecified atom stereocenters. The first-order valence-corrected chi connectivity index (χ1v) is 12.0. The number of piperidine rings is 1. The SMILES string of the molecule is COC(=O)C(CC(=O)N1CCC2(CCN(C(=O)c3ccccc3-n3cccc3)CC2)C1)NC(C)=O. The molecule has 1 N–H and O–H groups in total. The number of para-hydroxylation sites is 1. The van der Waals surface area contributed by atoms with E-state index in [1.165, 1.54) is 14.0 Å². The van der Waals surface area contributed by atoms with E-state index < -0.39 is 12.0 Å². The summed E-state index contributed by atoms with van der Waals surface area (Å²) in [7, 11) is 1.23. The molecule has 186 valence electrons. The second-order valence-corrected chi connectivity index (χ2v) is 9.45. The monoisotopic (exact) mass is 480 g/mol. The van der Waals surface area contributed by atoms with Crippen molar-refractivity contribution in [3.63, 3.8) is 0 Å². The highest BCUT2D eigenvalue weighted by atomic mass is 16.5. The average molecular weight is 481 g/mol. The minimum absolute atomic E-state index is 0.0197. The maximum absolute atomic E-state index is 13.4.